The fourth-order valence-corrected chi connectivity index (χ4v) is 2.61. The van der Waals surface area contributed by atoms with Crippen molar-refractivity contribution in [3.05, 3.63) is 0 Å². The summed E-state index contributed by atoms with van der Waals surface area (Å²) < 4.78 is 11.4. The number of rotatable bonds is 4. The van der Waals surface area contributed by atoms with E-state index in [1.165, 1.54) is 0 Å². The van der Waals surface area contributed by atoms with Gasteiger partial charge in [-0.2, -0.15) is 5.26 Å². The van der Waals surface area contributed by atoms with Crippen LogP contribution in [0.2, 0.25) is 0 Å². The molecule has 0 aliphatic rings. The standard InChI is InChI=1S/C7H14NOP/c1-3-6-10(2,9)7-4-5-8/h3-4,6-7H2,1-2H3. The van der Waals surface area contributed by atoms with Gasteiger partial charge in [-0.1, -0.05) is 6.92 Å². The van der Waals surface area contributed by atoms with E-state index in [4.69, 9.17) is 5.26 Å². The lowest BCUT2D eigenvalue weighted by atomic mass is 10.6. The van der Waals surface area contributed by atoms with Gasteiger partial charge < -0.3 is 4.57 Å². The van der Waals surface area contributed by atoms with Gasteiger partial charge in [-0.05, 0) is 13.1 Å². The third-order valence-corrected chi connectivity index (χ3v) is 3.96. The predicted octanol–water partition coefficient (Wildman–Crippen LogP) is 2.30. The molecule has 0 aromatic rings. The fourth-order valence-electron chi connectivity index (χ4n) is 0.871. The maximum absolute atomic E-state index is 11.4. The average molecular weight is 159 g/mol. The largest absolute Gasteiger partial charge is 0.324 e. The Morgan fingerprint density at radius 1 is 1.50 bits per heavy atom. The third kappa shape index (κ3) is 4.58. The van der Waals surface area contributed by atoms with Crippen LogP contribution in [0.4, 0.5) is 0 Å². The molecule has 58 valence electrons. The van der Waals surface area contributed by atoms with Crippen molar-refractivity contribution >= 4 is 7.14 Å². The van der Waals surface area contributed by atoms with Crippen LogP contribution in [0, 0.1) is 11.3 Å². The van der Waals surface area contributed by atoms with Crippen LogP contribution in [0.25, 0.3) is 0 Å². The highest BCUT2D eigenvalue weighted by Gasteiger charge is 2.11. The Labute approximate surface area is 62.6 Å². The highest BCUT2D eigenvalue weighted by atomic mass is 31.2. The lowest BCUT2D eigenvalue weighted by Crippen LogP contribution is -1.91. The Hall–Kier alpha value is -0.280. The molecule has 0 aromatic carbocycles. The molecule has 0 saturated heterocycles. The van der Waals surface area contributed by atoms with Crippen LogP contribution in [0.3, 0.4) is 0 Å². The van der Waals surface area contributed by atoms with Gasteiger partial charge in [0, 0.05) is 18.7 Å². The minimum atomic E-state index is -1.93. The van der Waals surface area contributed by atoms with Gasteiger partial charge in [-0.15, -0.1) is 0 Å². The highest BCUT2D eigenvalue weighted by Crippen LogP contribution is 2.41. The molecule has 0 spiro atoms. The molecule has 0 fully saturated rings. The number of nitriles is 1. The van der Waals surface area contributed by atoms with Crippen LogP contribution in [0.15, 0.2) is 0 Å². The smallest absolute Gasteiger partial charge is 0.0858 e. The molecular formula is C7H14NOP. The van der Waals surface area contributed by atoms with Gasteiger partial charge in [0.25, 0.3) is 0 Å². The molecule has 0 bridgehead atoms. The lowest BCUT2D eigenvalue weighted by Gasteiger charge is -2.07. The van der Waals surface area contributed by atoms with Crippen molar-refractivity contribution in [2.24, 2.45) is 0 Å². The van der Waals surface area contributed by atoms with Crippen molar-refractivity contribution in [3.8, 4) is 6.07 Å². The molecule has 0 aliphatic carbocycles. The molecule has 1 unspecified atom stereocenters. The average Bonchev–Trinajstić information content (AvgIpc) is 1.84. The van der Waals surface area contributed by atoms with E-state index in [2.05, 4.69) is 0 Å². The first-order chi connectivity index (χ1) is 4.62. The second-order valence-electron chi connectivity index (χ2n) is 2.65. The monoisotopic (exact) mass is 159 g/mol. The summed E-state index contributed by atoms with van der Waals surface area (Å²) in [6, 6.07) is 2.01. The van der Waals surface area contributed by atoms with Gasteiger partial charge in [0.05, 0.1) is 13.2 Å². The van der Waals surface area contributed by atoms with Crippen molar-refractivity contribution in [1.82, 2.24) is 0 Å². The minimum absolute atomic E-state index is 0.438. The van der Waals surface area contributed by atoms with E-state index in [0.29, 0.717) is 12.6 Å². The van der Waals surface area contributed by atoms with Gasteiger partial charge in [-0.25, -0.2) is 0 Å². The van der Waals surface area contributed by atoms with Crippen molar-refractivity contribution in [1.29, 1.82) is 5.26 Å². The van der Waals surface area contributed by atoms with Gasteiger partial charge in [-0.3, -0.25) is 0 Å². The summed E-state index contributed by atoms with van der Waals surface area (Å²) in [4.78, 5) is 0. The van der Waals surface area contributed by atoms with Crippen LogP contribution < -0.4 is 0 Å². The third-order valence-electron chi connectivity index (χ3n) is 1.39. The predicted molar refractivity (Wildman–Crippen MR) is 43.8 cm³/mol. The van der Waals surface area contributed by atoms with E-state index in [9.17, 15) is 4.57 Å². The van der Waals surface area contributed by atoms with E-state index < -0.39 is 7.14 Å². The Kier molecular flexibility index (Phi) is 4.40. The molecule has 1 atom stereocenters. The molecule has 0 heterocycles. The maximum atomic E-state index is 11.4. The Bertz CT molecular complexity index is 171. The van der Waals surface area contributed by atoms with Crippen molar-refractivity contribution in [2.45, 2.75) is 19.8 Å². The van der Waals surface area contributed by atoms with Crippen molar-refractivity contribution < 1.29 is 4.57 Å². The summed E-state index contributed by atoms with van der Waals surface area (Å²) in [6.45, 7) is 3.80. The molecule has 0 amide bonds. The van der Waals surface area contributed by atoms with E-state index >= 15 is 0 Å². The van der Waals surface area contributed by atoms with Gasteiger partial charge in [0.15, 0.2) is 0 Å². The summed E-state index contributed by atoms with van der Waals surface area (Å²) >= 11 is 0. The van der Waals surface area contributed by atoms with Crippen molar-refractivity contribution in [2.75, 3.05) is 19.0 Å². The van der Waals surface area contributed by atoms with Crippen molar-refractivity contribution in [3.63, 3.8) is 0 Å². The van der Waals surface area contributed by atoms with Gasteiger partial charge in [0.2, 0.25) is 0 Å². The molecule has 0 saturated carbocycles. The molecule has 2 nitrogen and oxygen atoms in total. The molecule has 0 aliphatic heterocycles. The van der Waals surface area contributed by atoms with Gasteiger partial charge in [0.1, 0.15) is 0 Å². The molecule has 0 N–H and O–H groups in total. The second-order valence-corrected chi connectivity index (χ2v) is 6.14. The minimum Gasteiger partial charge on any atom is -0.324 e. The number of nitrogens with zero attached hydrogens (tertiary/aromatic N) is 1. The summed E-state index contributed by atoms with van der Waals surface area (Å²) in [5.41, 5.74) is 0. The zero-order valence-corrected chi connectivity index (χ0v) is 7.53. The van der Waals surface area contributed by atoms with E-state index in [-0.39, 0.29) is 0 Å². The summed E-state index contributed by atoms with van der Waals surface area (Å²) in [7, 11) is -1.93. The van der Waals surface area contributed by atoms with Crippen LogP contribution in [0.1, 0.15) is 19.8 Å². The van der Waals surface area contributed by atoms with E-state index in [1.807, 2.05) is 13.0 Å². The number of hydrogen-bond acceptors (Lipinski definition) is 2. The van der Waals surface area contributed by atoms with Crippen LogP contribution in [0.5, 0.6) is 0 Å². The summed E-state index contributed by atoms with van der Waals surface area (Å²) in [5.74, 6) is 0. The van der Waals surface area contributed by atoms with Crippen LogP contribution in [-0.2, 0) is 4.57 Å². The molecule has 0 rings (SSSR count). The molecule has 0 aromatic heterocycles. The fraction of sp³-hybridized carbons (Fsp3) is 0.857. The van der Waals surface area contributed by atoms with Gasteiger partial charge >= 0.3 is 0 Å². The molecule has 0 radical (unpaired) electrons. The SMILES string of the molecule is CCCP(C)(=O)CCC#N. The van der Waals surface area contributed by atoms with E-state index in [1.54, 1.807) is 6.66 Å². The summed E-state index contributed by atoms with van der Waals surface area (Å²) in [5, 5.41) is 8.23. The Morgan fingerprint density at radius 3 is 2.50 bits per heavy atom. The highest BCUT2D eigenvalue weighted by molar-refractivity contribution is 7.63. The van der Waals surface area contributed by atoms with E-state index in [0.717, 1.165) is 12.6 Å². The Balaban J connectivity index is 3.67. The first-order valence-corrected chi connectivity index (χ1v) is 6.07. The first-order valence-electron chi connectivity index (χ1n) is 3.55. The van der Waals surface area contributed by atoms with Crippen LogP contribution in [-0.4, -0.2) is 19.0 Å². The second kappa shape index (κ2) is 4.52. The van der Waals surface area contributed by atoms with Crippen LogP contribution >= 0.6 is 7.14 Å². The summed E-state index contributed by atoms with van der Waals surface area (Å²) in [6.07, 6.45) is 2.78. The quantitative estimate of drug-likeness (QED) is 0.590. The zero-order chi connectivity index (χ0) is 8.04. The topological polar surface area (TPSA) is 40.9 Å². The first kappa shape index (κ1) is 9.72. The maximum Gasteiger partial charge on any atom is 0.0858 e. The molecular weight excluding hydrogens is 145 g/mol. The normalized spacial score (nSPS) is 15.7. The Morgan fingerprint density at radius 2 is 2.10 bits per heavy atom. The zero-order valence-electron chi connectivity index (χ0n) is 6.63. The molecule has 10 heavy (non-hydrogen) atoms. The number of hydrogen-bond donors (Lipinski definition) is 0. The lowest BCUT2D eigenvalue weighted by molar-refractivity contribution is 0.577. The molecule has 3 heteroatoms.